The van der Waals surface area contributed by atoms with Crippen molar-refractivity contribution in [3.05, 3.63) is 113 Å². The fourth-order valence-electron chi connectivity index (χ4n) is 5.64. The highest BCUT2D eigenvalue weighted by atomic mass is 16.5. The summed E-state index contributed by atoms with van der Waals surface area (Å²) in [7, 11) is 1.63. The zero-order valence-electron chi connectivity index (χ0n) is 24.7. The van der Waals surface area contributed by atoms with Gasteiger partial charge in [-0.3, -0.25) is 0 Å². The number of carboxylic acid groups (broad SMARTS) is 1. The number of para-hydroxylation sites is 1. The molecule has 2 N–H and O–H groups in total. The minimum absolute atomic E-state index is 0.0295. The first kappa shape index (κ1) is 28.2. The summed E-state index contributed by atoms with van der Waals surface area (Å²) in [5.41, 5.74) is 3.56. The highest BCUT2D eigenvalue weighted by Gasteiger charge is 2.43. The quantitative estimate of drug-likeness (QED) is 0.304. The zero-order chi connectivity index (χ0) is 30.1. The molecule has 6 rings (SSSR count). The molecule has 1 aromatic heterocycles. The minimum atomic E-state index is -1.35. The standard InChI is InChI=1S/C34H35N3O6/c1-21-25(36-32(42-21)23-14-16-35-17-15-23)20-41-28-13-12-22(18-30(28)40-4)19-37-26-9-6-5-8-24(26)31-27(37)10-7-11-29(31)43-34(2,3)33(38)39/h5-16,18,27,31,35H,17,19-20H2,1-4H3,(H,38,39). The molecule has 0 amide bonds. The Morgan fingerprint density at radius 1 is 1.21 bits per heavy atom. The number of aromatic nitrogens is 1. The second-order valence-electron chi connectivity index (χ2n) is 11.2. The largest absolute Gasteiger partial charge is 0.493 e. The lowest BCUT2D eigenvalue weighted by Gasteiger charge is -2.33. The van der Waals surface area contributed by atoms with Crippen molar-refractivity contribution < 1.29 is 28.5 Å². The van der Waals surface area contributed by atoms with Crippen molar-refractivity contribution in [1.82, 2.24) is 10.3 Å². The molecule has 2 unspecified atom stereocenters. The van der Waals surface area contributed by atoms with Crippen LogP contribution in [0.3, 0.4) is 0 Å². The molecule has 1 aliphatic carbocycles. The molecule has 9 heteroatoms. The molecule has 0 saturated heterocycles. The van der Waals surface area contributed by atoms with Gasteiger partial charge in [-0.1, -0.05) is 42.5 Å². The minimum Gasteiger partial charge on any atom is -0.493 e. The number of hydrogen-bond acceptors (Lipinski definition) is 8. The van der Waals surface area contributed by atoms with Crippen LogP contribution in [0.1, 0.15) is 48.2 Å². The molecular weight excluding hydrogens is 546 g/mol. The van der Waals surface area contributed by atoms with E-state index in [1.807, 2.05) is 67.8 Å². The average molecular weight is 582 g/mol. The topological polar surface area (TPSA) is 106 Å². The van der Waals surface area contributed by atoms with Crippen LogP contribution < -0.4 is 19.7 Å². The van der Waals surface area contributed by atoms with E-state index < -0.39 is 11.6 Å². The van der Waals surface area contributed by atoms with Gasteiger partial charge >= 0.3 is 5.97 Å². The SMILES string of the molecule is COc1cc(CN2c3ccccc3C3C(OC(C)(C)C(=O)O)=CC=CC32)ccc1OCc1nc(C2=CCNC=C2)oc1C. The third-order valence-corrected chi connectivity index (χ3v) is 7.95. The van der Waals surface area contributed by atoms with E-state index in [9.17, 15) is 9.90 Å². The summed E-state index contributed by atoms with van der Waals surface area (Å²) in [6, 6.07) is 14.1. The maximum absolute atomic E-state index is 11.8. The molecule has 3 aromatic rings. The van der Waals surface area contributed by atoms with Crippen molar-refractivity contribution in [1.29, 1.82) is 0 Å². The van der Waals surface area contributed by atoms with Gasteiger partial charge in [0.25, 0.3) is 0 Å². The molecule has 0 bridgehead atoms. The van der Waals surface area contributed by atoms with Crippen LogP contribution in [0.5, 0.6) is 11.5 Å². The van der Waals surface area contributed by atoms with Crippen LogP contribution in [0.25, 0.3) is 5.57 Å². The van der Waals surface area contributed by atoms with E-state index in [-0.39, 0.29) is 18.6 Å². The van der Waals surface area contributed by atoms with Gasteiger partial charge in [0.15, 0.2) is 17.1 Å². The van der Waals surface area contributed by atoms with Crippen molar-refractivity contribution in [3.8, 4) is 11.5 Å². The van der Waals surface area contributed by atoms with Crippen LogP contribution in [-0.2, 0) is 22.7 Å². The van der Waals surface area contributed by atoms with Crippen molar-refractivity contribution in [2.45, 2.75) is 51.5 Å². The van der Waals surface area contributed by atoms with Crippen LogP contribution in [-0.4, -0.2) is 41.4 Å². The number of dihydropyridines is 1. The number of allylic oxidation sites excluding steroid dienone is 4. The molecule has 2 aliphatic heterocycles. The molecule has 222 valence electrons. The Hall–Kier alpha value is -4.92. The molecular formula is C34H35N3O6. The number of aryl methyl sites for hydroxylation is 1. The molecule has 0 spiro atoms. The first-order chi connectivity index (χ1) is 20.7. The van der Waals surface area contributed by atoms with Crippen molar-refractivity contribution >= 4 is 17.2 Å². The molecule has 0 saturated carbocycles. The molecule has 9 nitrogen and oxygen atoms in total. The number of nitrogens with zero attached hydrogens (tertiary/aromatic N) is 2. The van der Waals surface area contributed by atoms with E-state index in [2.05, 4.69) is 33.4 Å². The highest BCUT2D eigenvalue weighted by Crippen LogP contribution is 2.48. The van der Waals surface area contributed by atoms with Crippen LogP contribution in [0.15, 0.2) is 89.2 Å². The Kier molecular flexibility index (Phi) is 7.48. The molecule has 3 aliphatic rings. The van der Waals surface area contributed by atoms with E-state index >= 15 is 0 Å². The Morgan fingerprint density at radius 3 is 2.81 bits per heavy atom. The maximum atomic E-state index is 11.8. The van der Waals surface area contributed by atoms with Gasteiger partial charge in [-0.15, -0.1) is 0 Å². The van der Waals surface area contributed by atoms with E-state index in [0.29, 0.717) is 35.5 Å². The summed E-state index contributed by atoms with van der Waals surface area (Å²) in [4.78, 5) is 18.8. The number of ether oxygens (including phenoxy) is 3. The number of benzene rings is 2. The number of carboxylic acids is 1. The third-order valence-electron chi connectivity index (χ3n) is 7.95. The van der Waals surface area contributed by atoms with Gasteiger partial charge in [0, 0.05) is 24.4 Å². The third kappa shape index (κ3) is 5.50. The summed E-state index contributed by atoms with van der Waals surface area (Å²) < 4.78 is 23.9. The number of methoxy groups -OCH3 is 1. The monoisotopic (exact) mass is 581 g/mol. The molecule has 2 atom stereocenters. The average Bonchev–Trinajstić information content (AvgIpc) is 3.54. The van der Waals surface area contributed by atoms with Gasteiger partial charge in [0.2, 0.25) is 5.89 Å². The molecule has 0 radical (unpaired) electrons. The van der Waals surface area contributed by atoms with Gasteiger partial charge < -0.3 is 34.0 Å². The van der Waals surface area contributed by atoms with E-state index in [1.54, 1.807) is 21.0 Å². The summed E-state index contributed by atoms with van der Waals surface area (Å²) in [5.74, 6) is 2.05. The number of rotatable bonds is 10. The van der Waals surface area contributed by atoms with Crippen LogP contribution in [0.2, 0.25) is 0 Å². The summed E-state index contributed by atoms with van der Waals surface area (Å²) >= 11 is 0. The molecule has 2 aromatic carbocycles. The number of anilines is 1. The zero-order valence-corrected chi connectivity index (χ0v) is 24.7. The summed E-state index contributed by atoms with van der Waals surface area (Å²) in [5, 5.41) is 12.8. The lowest BCUT2D eigenvalue weighted by Crippen LogP contribution is -2.38. The number of nitrogens with one attached hydrogen (secondary N) is 1. The Bertz CT molecular complexity index is 1660. The van der Waals surface area contributed by atoms with Gasteiger partial charge in [-0.05, 0) is 68.4 Å². The fraction of sp³-hybridized carbons (Fsp3) is 0.294. The second-order valence-corrected chi connectivity index (χ2v) is 11.2. The van der Waals surface area contributed by atoms with E-state index in [4.69, 9.17) is 18.6 Å². The predicted octanol–water partition coefficient (Wildman–Crippen LogP) is 5.88. The number of hydrogen-bond donors (Lipinski definition) is 2. The van der Waals surface area contributed by atoms with Gasteiger partial charge in [0.05, 0.1) is 19.1 Å². The Labute approximate surface area is 250 Å². The fourth-order valence-corrected chi connectivity index (χ4v) is 5.64. The van der Waals surface area contributed by atoms with Crippen LogP contribution in [0.4, 0.5) is 5.69 Å². The Balaban J connectivity index is 1.20. The highest BCUT2D eigenvalue weighted by molar-refractivity contribution is 5.77. The van der Waals surface area contributed by atoms with Crippen molar-refractivity contribution in [2.24, 2.45) is 0 Å². The van der Waals surface area contributed by atoms with E-state index in [0.717, 1.165) is 34.6 Å². The van der Waals surface area contributed by atoms with Gasteiger partial charge in [-0.2, -0.15) is 0 Å². The molecule has 43 heavy (non-hydrogen) atoms. The number of aliphatic carboxylic acids is 1. The van der Waals surface area contributed by atoms with Gasteiger partial charge in [-0.25, -0.2) is 9.78 Å². The first-order valence-corrected chi connectivity index (χ1v) is 14.3. The first-order valence-electron chi connectivity index (χ1n) is 14.3. The Morgan fingerprint density at radius 2 is 2.05 bits per heavy atom. The molecule has 0 fully saturated rings. The van der Waals surface area contributed by atoms with E-state index in [1.165, 1.54) is 0 Å². The lowest BCUT2D eigenvalue weighted by molar-refractivity contribution is -0.157. The molecule has 3 heterocycles. The van der Waals surface area contributed by atoms with Crippen LogP contribution >= 0.6 is 0 Å². The second kappa shape index (κ2) is 11.4. The summed E-state index contributed by atoms with van der Waals surface area (Å²) in [6.07, 6.45) is 11.8. The van der Waals surface area contributed by atoms with Gasteiger partial charge in [0.1, 0.15) is 23.8 Å². The number of carbonyl (C=O) groups is 1. The summed E-state index contributed by atoms with van der Waals surface area (Å²) in [6.45, 7) is 6.62. The van der Waals surface area contributed by atoms with Crippen molar-refractivity contribution in [2.75, 3.05) is 18.6 Å². The number of oxazole rings is 1. The number of fused-ring (bicyclic) bond motifs is 3. The maximum Gasteiger partial charge on any atom is 0.347 e. The van der Waals surface area contributed by atoms with Crippen LogP contribution in [0, 0.1) is 6.92 Å². The van der Waals surface area contributed by atoms with Crippen molar-refractivity contribution in [3.63, 3.8) is 0 Å². The lowest BCUT2D eigenvalue weighted by atomic mass is 9.89. The predicted molar refractivity (Wildman–Crippen MR) is 163 cm³/mol. The smallest absolute Gasteiger partial charge is 0.347 e. The normalized spacial score (nSPS) is 18.7.